The first-order valence-electron chi connectivity index (χ1n) is 9.89. The average molecular weight is 371 g/mol. The second-order valence-electron chi connectivity index (χ2n) is 7.43. The molecule has 7 rings (SSSR count). The van der Waals surface area contributed by atoms with Gasteiger partial charge in [0.2, 0.25) is 0 Å². The number of aryl methyl sites for hydroxylation is 4. The fourth-order valence-corrected chi connectivity index (χ4v) is 3.80. The van der Waals surface area contributed by atoms with Gasteiger partial charge in [-0.3, -0.25) is 4.79 Å². The Hall–Kier alpha value is -2.91. The third-order valence-electron chi connectivity index (χ3n) is 5.52. The molecule has 0 saturated carbocycles. The summed E-state index contributed by atoms with van der Waals surface area (Å²) in [6, 6.07) is 24.3. The topological polar surface area (TPSA) is 49.3 Å². The summed E-state index contributed by atoms with van der Waals surface area (Å²) in [6.07, 6.45) is 3.59. The number of amides is 1. The Bertz CT molecular complexity index is 948. The number of rotatable bonds is 4. The Kier molecular flexibility index (Phi) is 5.54. The van der Waals surface area contributed by atoms with Gasteiger partial charge in [-0.1, -0.05) is 66.7 Å². The lowest BCUT2D eigenvalue weighted by atomic mass is 9.93. The molecule has 0 spiro atoms. The summed E-state index contributed by atoms with van der Waals surface area (Å²) in [5, 5.41) is 12.8. The maximum Gasteiger partial charge on any atom is 0.252 e. The minimum absolute atomic E-state index is 0.120. The summed E-state index contributed by atoms with van der Waals surface area (Å²) in [4.78, 5) is 13.1. The van der Waals surface area contributed by atoms with Crippen molar-refractivity contribution in [1.29, 1.82) is 0 Å². The van der Waals surface area contributed by atoms with E-state index >= 15 is 0 Å². The molecule has 0 radical (unpaired) electrons. The molecule has 3 heteroatoms. The summed E-state index contributed by atoms with van der Waals surface area (Å²) in [6.45, 7) is -0.128. The molecule has 28 heavy (non-hydrogen) atoms. The quantitative estimate of drug-likeness (QED) is 0.727. The van der Waals surface area contributed by atoms with Gasteiger partial charge < -0.3 is 10.4 Å². The van der Waals surface area contributed by atoms with Gasteiger partial charge >= 0.3 is 0 Å². The van der Waals surface area contributed by atoms with Crippen LogP contribution in [0.4, 0.5) is 0 Å². The zero-order chi connectivity index (χ0) is 19.3. The van der Waals surface area contributed by atoms with Crippen LogP contribution in [0.5, 0.6) is 0 Å². The predicted octanol–water partition coefficient (Wildman–Crippen LogP) is 4.03. The highest BCUT2D eigenvalue weighted by Gasteiger charge is 2.18. The third-order valence-corrected chi connectivity index (χ3v) is 5.52. The van der Waals surface area contributed by atoms with Gasteiger partial charge in [0.15, 0.2) is 0 Å². The molecule has 0 saturated heterocycles. The SMILES string of the molecule is O=C(NC(CO)c1ccccc1)c1cc2ccc1CCc1ccc(cc1)CC2. The highest BCUT2D eigenvalue weighted by Crippen LogP contribution is 2.21. The fraction of sp³-hybridized carbons (Fsp3) is 0.240. The molecule has 4 aliphatic rings. The number of aliphatic hydroxyl groups excluding tert-OH is 1. The summed E-state index contributed by atoms with van der Waals surface area (Å²) in [5.41, 5.74) is 6.46. The first kappa shape index (κ1) is 18.5. The summed E-state index contributed by atoms with van der Waals surface area (Å²) in [5.74, 6) is -0.120. The fourth-order valence-electron chi connectivity index (χ4n) is 3.80. The number of hydrogen-bond donors (Lipinski definition) is 2. The number of carbonyl (C=O) groups excluding carboxylic acids is 1. The first-order valence-corrected chi connectivity index (χ1v) is 9.89. The van der Waals surface area contributed by atoms with Crippen molar-refractivity contribution in [3.63, 3.8) is 0 Å². The molecular weight excluding hydrogens is 346 g/mol. The van der Waals surface area contributed by atoms with Crippen molar-refractivity contribution in [2.24, 2.45) is 0 Å². The van der Waals surface area contributed by atoms with Crippen molar-refractivity contribution in [2.75, 3.05) is 6.61 Å². The standard InChI is InChI=1S/C25H25NO2/c27-17-24(22-4-2-1-3-5-22)26-25(28)23-16-20-11-10-18-6-8-19(9-7-18)12-14-21(23)15-13-20/h1-9,13,15-16,24,27H,10-12,14,17H2,(H,26,28). The largest absolute Gasteiger partial charge is 0.394 e. The molecule has 1 unspecified atom stereocenters. The van der Waals surface area contributed by atoms with Crippen molar-refractivity contribution in [3.05, 3.63) is 106 Å². The van der Waals surface area contributed by atoms with Crippen LogP contribution in [0.2, 0.25) is 0 Å². The van der Waals surface area contributed by atoms with Gasteiger partial charge in [-0.25, -0.2) is 0 Å². The van der Waals surface area contributed by atoms with E-state index in [0.29, 0.717) is 0 Å². The van der Waals surface area contributed by atoms with Gasteiger partial charge in [0.25, 0.3) is 5.91 Å². The van der Waals surface area contributed by atoms with Crippen LogP contribution in [-0.4, -0.2) is 17.6 Å². The molecular formula is C25H25NO2. The van der Waals surface area contributed by atoms with Crippen molar-refractivity contribution in [1.82, 2.24) is 5.32 Å². The van der Waals surface area contributed by atoms with Crippen LogP contribution in [0.15, 0.2) is 72.8 Å². The smallest absolute Gasteiger partial charge is 0.252 e. The third kappa shape index (κ3) is 4.15. The summed E-state index contributed by atoms with van der Waals surface area (Å²) >= 11 is 0. The Morgan fingerprint density at radius 2 is 1.43 bits per heavy atom. The number of nitrogens with one attached hydrogen (secondary N) is 1. The predicted molar refractivity (Wildman–Crippen MR) is 111 cm³/mol. The summed E-state index contributed by atoms with van der Waals surface area (Å²) < 4.78 is 0. The Balaban J connectivity index is 1.61. The molecule has 3 aromatic carbocycles. The molecule has 3 aromatic rings. The number of aliphatic hydroxyl groups is 1. The van der Waals surface area contributed by atoms with Gasteiger partial charge in [-0.2, -0.15) is 0 Å². The maximum absolute atomic E-state index is 13.1. The lowest BCUT2D eigenvalue weighted by molar-refractivity contribution is 0.0915. The summed E-state index contributed by atoms with van der Waals surface area (Å²) in [7, 11) is 0. The van der Waals surface area contributed by atoms with E-state index in [-0.39, 0.29) is 12.5 Å². The minimum Gasteiger partial charge on any atom is -0.394 e. The number of hydrogen-bond acceptors (Lipinski definition) is 2. The van der Waals surface area contributed by atoms with Gasteiger partial charge in [0.05, 0.1) is 12.6 Å². The second-order valence-corrected chi connectivity index (χ2v) is 7.43. The molecule has 4 bridgehead atoms. The Labute approximate surface area is 166 Å². The van der Waals surface area contributed by atoms with E-state index in [4.69, 9.17) is 0 Å². The zero-order valence-electron chi connectivity index (χ0n) is 15.9. The van der Waals surface area contributed by atoms with Crippen LogP contribution in [0.3, 0.4) is 0 Å². The van der Waals surface area contributed by atoms with Crippen LogP contribution < -0.4 is 5.32 Å². The van der Waals surface area contributed by atoms with Crippen LogP contribution in [0.25, 0.3) is 0 Å². The van der Waals surface area contributed by atoms with E-state index in [9.17, 15) is 9.90 Å². The van der Waals surface area contributed by atoms with E-state index in [0.717, 1.165) is 42.4 Å². The van der Waals surface area contributed by atoms with Crippen molar-refractivity contribution >= 4 is 5.91 Å². The normalized spacial score (nSPS) is 14.2. The monoisotopic (exact) mass is 371 g/mol. The van der Waals surface area contributed by atoms with Crippen LogP contribution in [0, 0.1) is 0 Å². The van der Waals surface area contributed by atoms with Gasteiger partial charge in [0, 0.05) is 5.56 Å². The van der Waals surface area contributed by atoms with E-state index in [1.54, 1.807) is 0 Å². The van der Waals surface area contributed by atoms with E-state index in [1.807, 2.05) is 36.4 Å². The number of carbonyl (C=O) groups is 1. The van der Waals surface area contributed by atoms with E-state index in [2.05, 4.69) is 41.7 Å². The van der Waals surface area contributed by atoms with Gasteiger partial charge in [-0.15, -0.1) is 0 Å². The zero-order valence-corrected chi connectivity index (χ0v) is 15.9. The molecule has 1 amide bonds. The second kappa shape index (κ2) is 8.41. The molecule has 142 valence electrons. The van der Waals surface area contributed by atoms with Crippen molar-refractivity contribution < 1.29 is 9.90 Å². The maximum atomic E-state index is 13.1. The molecule has 3 nitrogen and oxygen atoms in total. The van der Waals surface area contributed by atoms with Gasteiger partial charge in [0.1, 0.15) is 0 Å². The highest BCUT2D eigenvalue weighted by atomic mass is 16.3. The Morgan fingerprint density at radius 3 is 2.11 bits per heavy atom. The minimum atomic E-state index is -0.407. The van der Waals surface area contributed by atoms with Crippen LogP contribution >= 0.6 is 0 Å². The van der Waals surface area contributed by atoms with Crippen LogP contribution in [0.1, 0.15) is 44.2 Å². The molecule has 1 atom stereocenters. The number of benzene rings is 3. The van der Waals surface area contributed by atoms with Crippen LogP contribution in [-0.2, 0) is 25.7 Å². The highest BCUT2D eigenvalue weighted by molar-refractivity contribution is 5.96. The van der Waals surface area contributed by atoms with E-state index < -0.39 is 6.04 Å². The Morgan fingerprint density at radius 1 is 0.821 bits per heavy atom. The van der Waals surface area contributed by atoms with E-state index in [1.165, 1.54) is 16.7 Å². The lowest BCUT2D eigenvalue weighted by Crippen LogP contribution is -2.31. The molecule has 0 heterocycles. The lowest BCUT2D eigenvalue weighted by Gasteiger charge is -2.19. The molecule has 2 N–H and O–H groups in total. The van der Waals surface area contributed by atoms with Crippen molar-refractivity contribution in [2.45, 2.75) is 31.7 Å². The molecule has 0 aromatic heterocycles. The average Bonchev–Trinajstić information content (AvgIpc) is 2.74. The van der Waals surface area contributed by atoms with Gasteiger partial charge in [-0.05, 0) is 59.6 Å². The molecule has 0 fully saturated rings. The first-order chi connectivity index (χ1) is 13.7. The van der Waals surface area contributed by atoms with Crippen molar-refractivity contribution in [3.8, 4) is 0 Å². The molecule has 0 aliphatic heterocycles. The molecule has 4 aliphatic carbocycles.